The fraction of sp³-hybridized carbons (Fsp3) is 0.211. The number of nitrogens with two attached hydrogens (primary N) is 1. The van der Waals surface area contributed by atoms with E-state index in [0.29, 0.717) is 16.0 Å². The molecule has 0 spiro atoms. The number of hydrogen-bond acceptors (Lipinski definition) is 5. The minimum absolute atomic E-state index is 0.0303. The van der Waals surface area contributed by atoms with Crippen molar-refractivity contribution in [3.8, 4) is 5.75 Å². The zero-order valence-electron chi connectivity index (χ0n) is 15.4. The van der Waals surface area contributed by atoms with Crippen molar-refractivity contribution in [1.29, 1.82) is 0 Å². The lowest BCUT2D eigenvalue weighted by molar-refractivity contribution is 0.0766. The van der Waals surface area contributed by atoms with Crippen molar-refractivity contribution in [3.63, 3.8) is 0 Å². The van der Waals surface area contributed by atoms with E-state index in [4.69, 9.17) is 20.3 Å². The molecule has 1 aromatic heterocycles. The van der Waals surface area contributed by atoms with E-state index in [-0.39, 0.29) is 27.8 Å². The summed E-state index contributed by atoms with van der Waals surface area (Å²) in [5.74, 6) is -0.525. The average Bonchev–Trinajstić information content (AvgIpc) is 3.00. The van der Waals surface area contributed by atoms with Gasteiger partial charge in [0.1, 0.15) is 12.4 Å². The first kappa shape index (κ1) is 22.1. The van der Waals surface area contributed by atoms with E-state index < -0.39 is 24.8 Å². The molecular weight excluding hydrogens is 487 g/mol. The van der Waals surface area contributed by atoms with Crippen LogP contribution in [0, 0.1) is 13.8 Å². The second-order valence-corrected chi connectivity index (χ2v) is 9.45. The summed E-state index contributed by atoms with van der Waals surface area (Å²) in [6, 6.07) is 8.58. The highest BCUT2D eigenvalue weighted by atomic mass is 79.9. The topological polar surface area (TPSA) is 92.8 Å². The van der Waals surface area contributed by atoms with Gasteiger partial charge in [-0.1, -0.05) is 18.2 Å². The summed E-state index contributed by atoms with van der Waals surface area (Å²) in [4.78, 5) is 29.4. The van der Waals surface area contributed by atoms with E-state index in [9.17, 15) is 13.6 Å². The molecule has 0 saturated carbocycles. The predicted octanol–water partition coefficient (Wildman–Crippen LogP) is 5.30. The quantitative estimate of drug-likeness (QED) is 0.397. The van der Waals surface area contributed by atoms with E-state index in [2.05, 4.69) is 15.9 Å². The van der Waals surface area contributed by atoms with Gasteiger partial charge in [-0.05, 0) is 58.6 Å². The number of halogens is 3. The largest absolute Gasteiger partial charge is 0.487 e. The average molecular weight is 504 g/mol. The van der Waals surface area contributed by atoms with Gasteiger partial charge in [0.05, 0.1) is 9.58 Å². The smallest absolute Gasteiger partial charge is 0.349 e. The Morgan fingerprint density at radius 3 is 2.52 bits per heavy atom. The molecule has 0 aliphatic heterocycles. The molecule has 4 N–H and O–H groups in total. The first-order chi connectivity index (χ1) is 13.5. The minimum atomic E-state index is -3.84. The molecule has 10 heteroatoms. The van der Waals surface area contributed by atoms with Crippen LogP contribution in [-0.2, 0) is 12.3 Å². The molecule has 0 aliphatic carbocycles. The summed E-state index contributed by atoms with van der Waals surface area (Å²) in [6.07, 6.45) is 0. The molecular formula is C19H17BrF2NO4PS. The van der Waals surface area contributed by atoms with Gasteiger partial charge in [-0.15, -0.1) is 11.3 Å². The Morgan fingerprint density at radius 2 is 1.93 bits per heavy atom. The van der Waals surface area contributed by atoms with E-state index >= 15 is 0 Å². The van der Waals surface area contributed by atoms with E-state index in [0.717, 1.165) is 16.7 Å². The Kier molecular flexibility index (Phi) is 6.27. The van der Waals surface area contributed by atoms with E-state index in [1.165, 1.54) is 12.1 Å². The molecule has 5 nitrogen and oxygen atoms in total. The van der Waals surface area contributed by atoms with Crippen LogP contribution in [-0.4, -0.2) is 15.7 Å². The maximum absolute atomic E-state index is 14.3. The number of carbonyl (C=O) groups excluding carboxylic acids is 1. The molecule has 0 unspecified atom stereocenters. The Morgan fingerprint density at radius 1 is 1.24 bits per heavy atom. The maximum atomic E-state index is 14.3. The molecule has 2 aromatic carbocycles. The third-order valence-corrected chi connectivity index (χ3v) is 7.72. The van der Waals surface area contributed by atoms with Crippen LogP contribution in [0.2, 0.25) is 0 Å². The van der Waals surface area contributed by atoms with Crippen molar-refractivity contribution in [2.24, 2.45) is 5.73 Å². The molecule has 1 heterocycles. The standard InChI is InChI=1S/C19H17BrF2NO4PS/c1-9-3-4-11(5-10(9)2)8-27-14-7-12(18(23)24)6-13-15(20)17(29-16(13)14)19(21,22)28(25)26/h3-7,25-26H,8H2,1-2H3,(H2,23,24). The molecule has 154 valence electrons. The second kappa shape index (κ2) is 8.24. The third-order valence-electron chi connectivity index (χ3n) is 4.47. The molecule has 3 rings (SSSR count). The molecule has 0 radical (unpaired) electrons. The summed E-state index contributed by atoms with van der Waals surface area (Å²) in [5.41, 5.74) is 4.72. The number of hydrogen-bond donors (Lipinski definition) is 3. The van der Waals surface area contributed by atoms with Crippen LogP contribution in [0.15, 0.2) is 34.8 Å². The van der Waals surface area contributed by atoms with E-state index in [1.54, 1.807) is 0 Å². The summed E-state index contributed by atoms with van der Waals surface area (Å²) in [7, 11) is -3.54. The fourth-order valence-electron chi connectivity index (χ4n) is 2.73. The van der Waals surface area contributed by atoms with Crippen molar-refractivity contribution in [2.45, 2.75) is 26.1 Å². The Labute approximate surface area is 179 Å². The molecule has 3 aromatic rings. The van der Waals surface area contributed by atoms with Gasteiger partial charge in [-0.3, -0.25) is 4.79 Å². The number of alkyl halides is 2. The van der Waals surface area contributed by atoms with Gasteiger partial charge < -0.3 is 20.3 Å². The molecule has 0 bridgehead atoms. The normalized spacial score (nSPS) is 12.0. The monoisotopic (exact) mass is 503 g/mol. The zero-order valence-corrected chi connectivity index (χ0v) is 18.7. The van der Waals surface area contributed by atoms with Gasteiger partial charge in [0.25, 0.3) is 0 Å². The predicted molar refractivity (Wildman–Crippen MR) is 114 cm³/mol. The first-order valence-corrected chi connectivity index (χ1v) is 11.2. The highest BCUT2D eigenvalue weighted by molar-refractivity contribution is 9.10. The summed E-state index contributed by atoms with van der Waals surface area (Å²) < 4.78 is 34.7. The van der Waals surface area contributed by atoms with Gasteiger partial charge in [0, 0.05) is 15.4 Å². The number of ether oxygens (including phenoxy) is 1. The SMILES string of the molecule is Cc1ccc(COc2cc(C(N)=O)cc3c(Br)c(C(F)(F)P(O)O)sc23)cc1C. The van der Waals surface area contributed by atoms with E-state index in [1.807, 2.05) is 32.0 Å². The number of carbonyl (C=O) groups is 1. The van der Waals surface area contributed by atoms with Gasteiger partial charge in [0.2, 0.25) is 14.3 Å². The maximum Gasteiger partial charge on any atom is 0.349 e. The first-order valence-electron chi connectivity index (χ1n) is 8.33. The summed E-state index contributed by atoms with van der Waals surface area (Å²) >= 11 is 3.77. The number of benzene rings is 2. The number of fused-ring (bicyclic) bond motifs is 1. The Hall–Kier alpha value is -1.64. The van der Waals surface area contributed by atoms with Crippen LogP contribution < -0.4 is 10.5 Å². The van der Waals surface area contributed by atoms with Crippen LogP contribution in [0.3, 0.4) is 0 Å². The fourth-order valence-corrected chi connectivity index (χ4v) is 5.51. The summed E-state index contributed by atoms with van der Waals surface area (Å²) in [5, 5.41) is 0.285. The summed E-state index contributed by atoms with van der Waals surface area (Å²) in [6.45, 7) is 4.12. The molecule has 0 aliphatic rings. The lowest BCUT2D eigenvalue weighted by atomic mass is 10.1. The molecule has 0 atom stereocenters. The van der Waals surface area contributed by atoms with Crippen LogP contribution in [0.1, 0.15) is 31.9 Å². The molecule has 29 heavy (non-hydrogen) atoms. The number of amides is 1. The zero-order chi connectivity index (χ0) is 21.5. The highest BCUT2D eigenvalue weighted by Gasteiger charge is 2.45. The van der Waals surface area contributed by atoms with Crippen LogP contribution in [0.25, 0.3) is 10.1 Å². The Bertz CT molecular complexity index is 1100. The van der Waals surface area contributed by atoms with Gasteiger partial charge in [-0.2, -0.15) is 8.78 Å². The van der Waals surface area contributed by atoms with Crippen molar-refractivity contribution in [1.82, 2.24) is 0 Å². The number of aryl methyl sites for hydroxylation is 2. The van der Waals surface area contributed by atoms with Crippen LogP contribution in [0.5, 0.6) is 5.75 Å². The van der Waals surface area contributed by atoms with Crippen molar-refractivity contribution in [2.75, 3.05) is 0 Å². The highest BCUT2D eigenvalue weighted by Crippen LogP contribution is 2.58. The molecule has 1 amide bonds. The number of rotatable bonds is 6. The van der Waals surface area contributed by atoms with Crippen LogP contribution in [0.4, 0.5) is 8.78 Å². The van der Waals surface area contributed by atoms with Gasteiger partial charge >= 0.3 is 5.66 Å². The second-order valence-electron chi connectivity index (χ2n) is 6.50. The van der Waals surface area contributed by atoms with Crippen molar-refractivity contribution >= 4 is 51.6 Å². The number of thiophene rings is 1. The third kappa shape index (κ3) is 4.29. The number of primary amides is 1. The molecule has 0 saturated heterocycles. The lowest BCUT2D eigenvalue weighted by Gasteiger charge is -2.15. The van der Waals surface area contributed by atoms with Gasteiger partial charge in [0.15, 0.2) is 0 Å². The van der Waals surface area contributed by atoms with Crippen LogP contribution >= 0.6 is 35.6 Å². The van der Waals surface area contributed by atoms with Gasteiger partial charge in [-0.25, -0.2) is 0 Å². The minimum Gasteiger partial charge on any atom is -0.487 e. The lowest BCUT2D eigenvalue weighted by Crippen LogP contribution is -2.11. The Balaban J connectivity index is 2.09. The molecule has 0 fully saturated rings. The van der Waals surface area contributed by atoms with Crippen molar-refractivity contribution in [3.05, 3.63) is 61.9 Å². The van der Waals surface area contributed by atoms with Crippen molar-refractivity contribution < 1.29 is 28.1 Å².